The summed E-state index contributed by atoms with van der Waals surface area (Å²) < 4.78 is 13.7. The number of nitrogens with one attached hydrogen (secondary N) is 3. The Balaban J connectivity index is 0.00000261. The van der Waals surface area contributed by atoms with Crippen LogP contribution in [0.5, 0.6) is 0 Å². The van der Waals surface area contributed by atoms with Crippen LogP contribution in [0.25, 0.3) is 0 Å². The molecule has 3 unspecified atom stereocenters. The molecule has 0 aliphatic carbocycles. The molecule has 2 fully saturated rings. The Kier molecular flexibility index (Phi) is 7.86. The van der Waals surface area contributed by atoms with Gasteiger partial charge in [0.1, 0.15) is 5.82 Å². The second kappa shape index (κ2) is 9.90. The molecule has 6 nitrogen and oxygen atoms in total. The number of piperidine rings is 2. The summed E-state index contributed by atoms with van der Waals surface area (Å²) in [5.74, 6) is -0.653. The minimum absolute atomic E-state index is 0. The van der Waals surface area contributed by atoms with Gasteiger partial charge >= 0.3 is 6.03 Å². The largest absolute Gasteiger partial charge is 0.353 e. The molecule has 1 aromatic rings. The van der Waals surface area contributed by atoms with Gasteiger partial charge in [-0.2, -0.15) is 0 Å². The summed E-state index contributed by atoms with van der Waals surface area (Å²) in [6.07, 6.45) is 3.40. The van der Waals surface area contributed by atoms with Crippen molar-refractivity contribution in [2.24, 2.45) is 5.92 Å². The van der Waals surface area contributed by atoms with Gasteiger partial charge in [-0.25, -0.2) is 9.18 Å². The molecule has 0 bridgehead atoms. The van der Waals surface area contributed by atoms with E-state index < -0.39 is 5.82 Å². The first-order chi connectivity index (χ1) is 12.5. The number of amides is 3. The van der Waals surface area contributed by atoms with Crippen LogP contribution >= 0.6 is 12.4 Å². The Bertz CT molecular complexity index is 660. The number of nitrogens with zero attached hydrogens (tertiary/aromatic N) is 1. The number of rotatable bonds is 3. The summed E-state index contributed by atoms with van der Waals surface area (Å²) in [5.41, 5.74) is 0.160. The zero-order chi connectivity index (χ0) is 18.5. The number of anilines is 1. The van der Waals surface area contributed by atoms with Crippen molar-refractivity contribution in [2.75, 3.05) is 25.0 Å². The number of hydrogen-bond donors (Lipinski definition) is 3. The predicted molar refractivity (Wildman–Crippen MR) is 106 cm³/mol. The summed E-state index contributed by atoms with van der Waals surface area (Å²) in [7, 11) is 0. The molecule has 8 heteroatoms. The number of hydrogen-bond acceptors (Lipinski definition) is 3. The maximum absolute atomic E-state index is 13.7. The summed E-state index contributed by atoms with van der Waals surface area (Å²) in [6, 6.07) is 6.33. The molecular weight excluding hydrogens is 371 g/mol. The van der Waals surface area contributed by atoms with Crippen LogP contribution in [0.1, 0.15) is 32.6 Å². The van der Waals surface area contributed by atoms with E-state index in [0.29, 0.717) is 19.1 Å². The van der Waals surface area contributed by atoms with E-state index in [-0.39, 0.29) is 42.0 Å². The van der Waals surface area contributed by atoms with Crippen LogP contribution < -0.4 is 16.0 Å². The smallest absolute Gasteiger partial charge is 0.321 e. The number of para-hydroxylation sites is 1. The van der Waals surface area contributed by atoms with Gasteiger partial charge in [-0.15, -0.1) is 12.4 Å². The van der Waals surface area contributed by atoms with Gasteiger partial charge in [0.05, 0.1) is 11.6 Å². The monoisotopic (exact) mass is 398 g/mol. The van der Waals surface area contributed by atoms with Crippen molar-refractivity contribution in [1.29, 1.82) is 0 Å². The molecule has 0 saturated carbocycles. The highest BCUT2D eigenvalue weighted by molar-refractivity contribution is 5.90. The van der Waals surface area contributed by atoms with Crippen LogP contribution in [0.2, 0.25) is 0 Å². The van der Waals surface area contributed by atoms with Crippen LogP contribution in [-0.4, -0.2) is 48.6 Å². The van der Waals surface area contributed by atoms with Gasteiger partial charge in [-0.3, -0.25) is 4.79 Å². The lowest BCUT2D eigenvalue weighted by molar-refractivity contribution is -0.127. The predicted octanol–water partition coefficient (Wildman–Crippen LogP) is 2.75. The first kappa shape index (κ1) is 21.4. The van der Waals surface area contributed by atoms with E-state index in [9.17, 15) is 14.0 Å². The minimum Gasteiger partial charge on any atom is -0.353 e. The van der Waals surface area contributed by atoms with Gasteiger partial charge in [0.2, 0.25) is 5.91 Å². The van der Waals surface area contributed by atoms with Gasteiger partial charge in [0, 0.05) is 25.2 Å². The molecular formula is C19H28ClFN4O2. The highest BCUT2D eigenvalue weighted by Crippen LogP contribution is 2.20. The number of halogens is 2. The van der Waals surface area contributed by atoms with Crippen LogP contribution in [-0.2, 0) is 4.79 Å². The zero-order valence-corrected chi connectivity index (χ0v) is 16.4. The van der Waals surface area contributed by atoms with Gasteiger partial charge in [-0.05, 0) is 51.3 Å². The Morgan fingerprint density at radius 1 is 1.26 bits per heavy atom. The lowest BCUT2D eigenvalue weighted by Gasteiger charge is -2.34. The van der Waals surface area contributed by atoms with Crippen molar-refractivity contribution < 1.29 is 14.0 Å². The van der Waals surface area contributed by atoms with Gasteiger partial charge < -0.3 is 20.9 Å². The minimum atomic E-state index is -0.466. The molecule has 0 spiro atoms. The van der Waals surface area contributed by atoms with Crippen LogP contribution in [0.15, 0.2) is 24.3 Å². The molecule has 0 aromatic heterocycles. The Morgan fingerprint density at radius 2 is 2.04 bits per heavy atom. The molecule has 1 aromatic carbocycles. The lowest BCUT2D eigenvalue weighted by Crippen LogP contribution is -2.51. The van der Waals surface area contributed by atoms with Crippen LogP contribution in [0.3, 0.4) is 0 Å². The van der Waals surface area contributed by atoms with Gasteiger partial charge in [0.15, 0.2) is 0 Å². The highest BCUT2D eigenvalue weighted by Gasteiger charge is 2.30. The number of urea groups is 1. The van der Waals surface area contributed by atoms with E-state index in [1.165, 1.54) is 12.1 Å². The van der Waals surface area contributed by atoms with Crippen molar-refractivity contribution in [3.63, 3.8) is 0 Å². The summed E-state index contributed by atoms with van der Waals surface area (Å²) in [4.78, 5) is 26.6. The van der Waals surface area contributed by atoms with Crippen LogP contribution in [0.4, 0.5) is 14.9 Å². The Morgan fingerprint density at radius 3 is 2.78 bits per heavy atom. The van der Waals surface area contributed by atoms with E-state index in [0.717, 1.165) is 32.2 Å². The maximum atomic E-state index is 13.7. The Hall–Kier alpha value is -1.86. The van der Waals surface area contributed by atoms with Gasteiger partial charge in [0.25, 0.3) is 0 Å². The molecule has 3 N–H and O–H groups in total. The number of likely N-dealkylation sites (tertiary alicyclic amines) is 1. The number of benzene rings is 1. The maximum Gasteiger partial charge on any atom is 0.321 e. The normalized spacial score (nSPS) is 25.3. The number of carbonyl (C=O) groups is 2. The van der Waals surface area contributed by atoms with E-state index >= 15 is 0 Å². The van der Waals surface area contributed by atoms with E-state index in [4.69, 9.17) is 0 Å². The first-order valence-corrected chi connectivity index (χ1v) is 9.37. The molecule has 2 heterocycles. The average Bonchev–Trinajstić information content (AvgIpc) is 2.63. The van der Waals surface area contributed by atoms with Crippen molar-refractivity contribution >= 4 is 30.0 Å². The second-order valence-corrected chi connectivity index (χ2v) is 7.28. The molecule has 2 saturated heterocycles. The fraction of sp³-hybridized carbons (Fsp3) is 0.579. The highest BCUT2D eigenvalue weighted by atomic mass is 35.5. The third-order valence-corrected chi connectivity index (χ3v) is 5.16. The third kappa shape index (κ3) is 5.81. The molecule has 150 valence electrons. The number of carbonyl (C=O) groups excluding carboxylic acids is 2. The molecule has 2 aliphatic rings. The van der Waals surface area contributed by atoms with Crippen molar-refractivity contribution in [1.82, 2.24) is 15.5 Å². The summed E-state index contributed by atoms with van der Waals surface area (Å²) in [5, 5.41) is 9.11. The fourth-order valence-corrected chi connectivity index (χ4v) is 3.71. The topological polar surface area (TPSA) is 73.5 Å². The molecule has 3 amide bonds. The summed E-state index contributed by atoms with van der Waals surface area (Å²) >= 11 is 0. The molecule has 3 rings (SSSR count). The quantitative estimate of drug-likeness (QED) is 0.733. The van der Waals surface area contributed by atoms with E-state index in [1.807, 2.05) is 0 Å². The fourth-order valence-electron chi connectivity index (χ4n) is 3.71. The zero-order valence-electron chi connectivity index (χ0n) is 15.5. The Labute approximate surface area is 165 Å². The lowest BCUT2D eigenvalue weighted by atomic mass is 9.95. The first-order valence-electron chi connectivity index (χ1n) is 9.37. The van der Waals surface area contributed by atoms with E-state index in [2.05, 4.69) is 22.9 Å². The molecule has 0 radical (unpaired) electrons. The van der Waals surface area contributed by atoms with Crippen molar-refractivity contribution in [3.05, 3.63) is 30.1 Å². The van der Waals surface area contributed by atoms with Crippen LogP contribution in [0, 0.1) is 11.7 Å². The average molecular weight is 399 g/mol. The standard InChI is InChI=1S/C19H27FN4O2.ClH/c1-13-11-15(8-9-21-13)22-18(25)14-5-4-10-24(12-14)19(26)23-17-7-3-2-6-16(17)20;/h2-3,6-7,13-15,21H,4-5,8-12H2,1H3,(H,22,25)(H,23,26);1H. The molecule has 27 heavy (non-hydrogen) atoms. The SMILES string of the molecule is CC1CC(NC(=O)C2CCCN(C(=O)Nc3ccccc3F)C2)CCN1.Cl. The van der Waals surface area contributed by atoms with Crippen molar-refractivity contribution in [2.45, 2.75) is 44.7 Å². The third-order valence-electron chi connectivity index (χ3n) is 5.16. The molecule has 2 aliphatic heterocycles. The molecule has 3 atom stereocenters. The van der Waals surface area contributed by atoms with Crippen molar-refractivity contribution in [3.8, 4) is 0 Å². The summed E-state index contributed by atoms with van der Waals surface area (Å²) in [6.45, 7) is 3.97. The van der Waals surface area contributed by atoms with Gasteiger partial charge in [-0.1, -0.05) is 12.1 Å². The second-order valence-electron chi connectivity index (χ2n) is 7.28. The van der Waals surface area contributed by atoms with E-state index in [1.54, 1.807) is 17.0 Å².